The van der Waals surface area contributed by atoms with E-state index < -0.39 is 5.76 Å². The zero-order valence-electron chi connectivity index (χ0n) is 10.2. The molecule has 3 rings (SSSR count). The van der Waals surface area contributed by atoms with Gasteiger partial charge in [-0.1, -0.05) is 18.2 Å². The van der Waals surface area contributed by atoms with Crippen molar-refractivity contribution in [2.24, 2.45) is 0 Å². The third-order valence-corrected chi connectivity index (χ3v) is 2.86. The highest BCUT2D eigenvalue weighted by Gasteiger charge is 2.24. The van der Waals surface area contributed by atoms with Gasteiger partial charge in [-0.3, -0.25) is 4.79 Å². The van der Waals surface area contributed by atoms with Crippen molar-refractivity contribution in [2.45, 2.75) is 25.4 Å². The standard InChI is InChI=1S/C13H13N3O3/c17-11(14-10-6-7-10)8-16-13(18)19-12(15-16)9-4-2-1-3-5-9/h1-5,10H,6-8H2,(H,14,17). The zero-order chi connectivity index (χ0) is 13.2. The van der Waals surface area contributed by atoms with Crippen LogP contribution >= 0.6 is 0 Å². The van der Waals surface area contributed by atoms with Crippen LogP contribution in [0.3, 0.4) is 0 Å². The molecule has 0 spiro atoms. The number of amides is 1. The first kappa shape index (κ1) is 11.7. The quantitative estimate of drug-likeness (QED) is 0.880. The highest BCUT2D eigenvalue weighted by Crippen LogP contribution is 2.18. The van der Waals surface area contributed by atoms with Gasteiger partial charge in [0.2, 0.25) is 11.8 Å². The number of benzene rings is 1. The Hall–Kier alpha value is -2.37. The molecule has 6 heteroatoms. The van der Waals surface area contributed by atoms with Crippen LogP contribution < -0.4 is 11.1 Å². The fraction of sp³-hybridized carbons (Fsp3) is 0.308. The van der Waals surface area contributed by atoms with Crippen LogP contribution in [0.25, 0.3) is 11.5 Å². The number of aromatic nitrogens is 2. The molecule has 1 aliphatic rings. The molecule has 1 aromatic carbocycles. The Morgan fingerprint density at radius 3 is 2.79 bits per heavy atom. The van der Waals surface area contributed by atoms with Gasteiger partial charge in [-0.25, -0.2) is 4.79 Å². The number of nitrogens with zero attached hydrogens (tertiary/aromatic N) is 2. The number of hydrogen-bond donors (Lipinski definition) is 1. The van der Waals surface area contributed by atoms with Gasteiger partial charge in [-0.2, -0.15) is 4.68 Å². The van der Waals surface area contributed by atoms with E-state index in [2.05, 4.69) is 10.4 Å². The monoisotopic (exact) mass is 259 g/mol. The first-order valence-electron chi connectivity index (χ1n) is 6.15. The first-order chi connectivity index (χ1) is 9.22. The van der Waals surface area contributed by atoms with Crippen molar-refractivity contribution in [3.05, 3.63) is 40.9 Å². The van der Waals surface area contributed by atoms with Gasteiger partial charge in [0.15, 0.2) is 0 Å². The average Bonchev–Trinajstić information content (AvgIpc) is 3.14. The lowest BCUT2D eigenvalue weighted by molar-refractivity contribution is -0.122. The van der Waals surface area contributed by atoms with E-state index in [1.807, 2.05) is 18.2 Å². The van der Waals surface area contributed by atoms with Crippen LogP contribution in [0, 0.1) is 0 Å². The Kier molecular flexibility index (Phi) is 2.91. The first-order valence-corrected chi connectivity index (χ1v) is 6.15. The minimum Gasteiger partial charge on any atom is -0.388 e. The van der Waals surface area contributed by atoms with Crippen LogP contribution in [0.2, 0.25) is 0 Å². The van der Waals surface area contributed by atoms with E-state index in [-0.39, 0.29) is 24.4 Å². The summed E-state index contributed by atoms with van der Waals surface area (Å²) in [5.41, 5.74) is 0.709. The number of hydrogen-bond acceptors (Lipinski definition) is 4. The van der Waals surface area contributed by atoms with Gasteiger partial charge in [0.25, 0.3) is 0 Å². The van der Waals surface area contributed by atoms with Gasteiger partial charge in [-0.15, -0.1) is 5.10 Å². The molecule has 2 aromatic rings. The van der Waals surface area contributed by atoms with Gasteiger partial charge in [0.1, 0.15) is 6.54 Å². The Bertz CT molecular complexity index is 641. The largest absolute Gasteiger partial charge is 0.437 e. The Balaban J connectivity index is 1.77. The van der Waals surface area contributed by atoms with Crippen LogP contribution in [0.5, 0.6) is 0 Å². The normalized spacial score (nSPS) is 14.3. The number of nitrogens with one attached hydrogen (secondary N) is 1. The molecular formula is C13H13N3O3. The average molecular weight is 259 g/mol. The van der Waals surface area contributed by atoms with E-state index in [4.69, 9.17) is 4.42 Å². The molecule has 0 atom stereocenters. The van der Waals surface area contributed by atoms with Gasteiger partial charge in [0.05, 0.1) is 0 Å². The topological polar surface area (TPSA) is 77.1 Å². The van der Waals surface area contributed by atoms with Crippen molar-refractivity contribution in [1.82, 2.24) is 15.1 Å². The lowest BCUT2D eigenvalue weighted by Crippen LogP contribution is -2.32. The van der Waals surface area contributed by atoms with Crippen LogP contribution in [0.15, 0.2) is 39.5 Å². The van der Waals surface area contributed by atoms with E-state index in [9.17, 15) is 9.59 Å². The molecule has 1 N–H and O–H groups in total. The lowest BCUT2D eigenvalue weighted by atomic mass is 10.2. The molecule has 1 aliphatic carbocycles. The summed E-state index contributed by atoms with van der Waals surface area (Å²) in [7, 11) is 0. The summed E-state index contributed by atoms with van der Waals surface area (Å²) in [4.78, 5) is 23.2. The Labute approximate surface area is 109 Å². The second-order valence-electron chi connectivity index (χ2n) is 4.54. The van der Waals surface area contributed by atoms with Crippen LogP contribution in [0.4, 0.5) is 0 Å². The van der Waals surface area contributed by atoms with Gasteiger partial charge >= 0.3 is 5.76 Å². The molecule has 0 aliphatic heterocycles. The van der Waals surface area contributed by atoms with Crippen LogP contribution in [-0.4, -0.2) is 21.7 Å². The maximum Gasteiger partial charge on any atom is 0.437 e. The Morgan fingerprint density at radius 2 is 2.11 bits per heavy atom. The molecule has 1 amide bonds. The predicted octanol–water partition coefficient (Wildman–Crippen LogP) is 0.782. The van der Waals surface area contributed by atoms with Gasteiger partial charge < -0.3 is 9.73 Å². The minimum absolute atomic E-state index is 0.105. The molecule has 0 bridgehead atoms. The van der Waals surface area contributed by atoms with E-state index >= 15 is 0 Å². The third-order valence-electron chi connectivity index (χ3n) is 2.86. The summed E-state index contributed by atoms with van der Waals surface area (Å²) in [6.07, 6.45) is 2.02. The van der Waals surface area contributed by atoms with Crippen molar-refractivity contribution in [2.75, 3.05) is 0 Å². The summed E-state index contributed by atoms with van der Waals surface area (Å²) in [5.74, 6) is -0.605. The maximum absolute atomic E-state index is 11.6. The second kappa shape index (κ2) is 4.72. The molecule has 0 saturated heterocycles. The molecule has 1 aromatic heterocycles. The van der Waals surface area contributed by atoms with Crippen molar-refractivity contribution >= 4 is 5.91 Å². The molecule has 1 fully saturated rings. The summed E-state index contributed by atoms with van der Waals surface area (Å²) in [6, 6.07) is 9.37. The van der Waals surface area contributed by atoms with Gasteiger partial charge in [0, 0.05) is 11.6 Å². The molecular weight excluding hydrogens is 246 g/mol. The summed E-state index contributed by atoms with van der Waals surface area (Å²) in [6.45, 7) is -0.105. The SMILES string of the molecule is O=C(Cn1nc(-c2ccccc2)oc1=O)NC1CC1. The summed E-state index contributed by atoms with van der Waals surface area (Å²) in [5, 5.41) is 6.82. The number of carbonyl (C=O) groups excluding carboxylic acids is 1. The molecule has 19 heavy (non-hydrogen) atoms. The van der Waals surface area contributed by atoms with Crippen molar-refractivity contribution in [3.63, 3.8) is 0 Å². The molecule has 1 heterocycles. The summed E-state index contributed by atoms with van der Waals surface area (Å²) >= 11 is 0. The van der Waals surface area contributed by atoms with E-state index in [1.165, 1.54) is 0 Å². The molecule has 0 radical (unpaired) electrons. The van der Waals surface area contributed by atoms with E-state index in [1.54, 1.807) is 12.1 Å². The number of carbonyl (C=O) groups is 1. The smallest absolute Gasteiger partial charge is 0.388 e. The predicted molar refractivity (Wildman–Crippen MR) is 67.4 cm³/mol. The van der Waals surface area contributed by atoms with Crippen LogP contribution in [-0.2, 0) is 11.3 Å². The van der Waals surface area contributed by atoms with Crippen molar-refractivity contribution in [3.8, 4) is 11.5 Å². The Morgan fingerprint density at radius 1 is 1.37 bits per heavy atom. The molecule has 0 unspecified atom stereocenters. The second-order valence-corrected chi connectivity index (χ2v) is 4.54. The maximum atomic E-state index is 11.6. The fourth-order valence-electron chi connectivity index (χ4n) is 1.74. The fourth-order valence-corrected chi connectivity index (χ4v) is 1.74. The summed E-state index contributed by atoms with van der Waals surface area (Å²) < 4.78 is 6.08. The van der Waals surface area contributed by atoms with Crippen molar-refractivity contribution in [1.29, 1.82) is 0 Å². The van der Waals surface area contributed by atoms with Gasteiger partial charge in [-0.05, 0) is 25.0 Å². The molecule has 98 valence electrons. The van der Waals surface area contributed by atoms with Crippen LogP contribution in [0.1, 0.15) is 12.8 Å². The molecule has 1 saturated carbocycles. The van der Waals surface area contributed by atoms with E-state index in [0.717, 1.165) is 17.5 Å². The lowest BCUT2D eigenvalue weighted by Gasteiger charge is -2.00. The minimum atomic E-state index is -0.621. The highest BCUT2D eigenvalue weighted by molar-refractivity contribution is 5.76. The third kappa shape index (κ3) is 2.73. The highest BCUT2D eigenvalue weighted by atomic mass is 16.4. The number of rotatable bonds is 4. The van der Waals surface area contributed by atoms with E-state index in [0.29, 0.717) is 5.56 Å². The molecule has 6 nitrogen and oxygen atoms in total. The zero-order valence-corrected chi connectivity index (χ0v) is 10.2. The van der Waals surface area contributed by atoms with Crippen molar-refractivity contribution < 1.29 is 9.21 Å².